The van der Waals surface area contributed by atoms with Crippen molar-refractivity contribution in [1.29, 1.82) is 0 Å². The first-order chi connectivity index (χ1) is 9.69. The summed E-state index contributed by atoms with van der Waals surface area (Å²) in [5.41, 5.74) is 0. The van der Waals surface area contributed by atoms with E-state index in [1.165, 1.54) is 4.88 Å². The largest absolute Gasteiger partial charge is 0.492 e. The SMILES string of the molecule is CCc1cnc(C(C)NCCOc2cccc(Br)c2)s1. The van der Waals surface area contributed by atoms with E-state index in [4.69, 9.17) is 4.74 Å². The number of halogens is 1. The maximum Gasteiger partial charge on any atom is 0.120 e. The Balaban J connectivity index is 1.73. The molecule has 108 valence electrons. The summed E-state index contributed by atoms with van der Waals surface area (Å²) in [7, 11) is 0. The van der Waals surface area contributed by atoms with E-state index in [0.717, 1.165) is 28.2 Å². The van der Waals surface area contributed by atoms with Gasteiger partial charge in [-0.05, 0) is 31.5 Å². The van der Waals surface area contributed by atoms with Gasteiger partial charge in [0.05, 0.1) is 6.04 Å². The molecule has 0 aliphatic carbocycles. The van der Waals surface area contributed by atoms with Gasteiger partial charge in [0, 0.05) is 22.1 Å². The summed E-state index contributed by atoms with van der Waals surface area (Å²) in [4.78, 5) is 5.78. The van der Waals surface area contributed by atoms with E-state index >= 15 is 0 Å². The summed E-state index contributed by atoms with van der Waals surface area (Å²) in [5.74, 6) is 0.886. The maximum atomic E-state index is 5.69. The number of thiazole rings is 1. The molecule has 1 N–H and O–H groups in total. The molecule has 1 unspecified atom stereocenters. The normalized spacial score (nSPS) is 12.3. The third-order valence-electron chi connectivity index (χ3n) is 2.91. The van der Waals surface area contributed by atoms with Crippen molar-refractivity contribution in [2.75, 3.05) is 13.2 Å². The topological polar surface area (TPSA) is 34.2 Å². The van der Waals surface area contributed by atoms with E-state index in [1.807, 2.05) is 30.5 Å². The monoisotopic (exact) mass is 354 g/mol. The molecule has 0 saturated heterocycles. The molecule has 0 fully saturated rings. The van der Waals surface area contributed by atoms with Gasteiger partial charge < -0.3 is 10.1 Å². The molecule has 1 heterocycles. The molecule has 2 rings (SSSR count). The van der Waals surface area contributed by atoms with E-state index < -0.39 is 0 Å². The smallest absolute Gasteiger partial charge is 0.120 e. The summed E-state index contributed by atoms with van der Waals surface area (Å²) in [6, 6.07) is 8.16. The molecule has 2 aromatic rings. The summed E-state index contributed by atoms with van der Waals surface area (Å²) in [5, 5.41) is 4.58. The second-order valence-corrected chi connectivity index (χ2v) is 6.56. The second kappa shape index (κ2) is 7.76. The Kier molecular flexibility index (Phi) is 6.01. The predicted molar refractivity (Wildman–Crippen MR) is 87.5 cm³/mol. The van der Waals surface area contributed by atoms with Gasteiger partial charge in [-0.25, -0.2) is 4.98 Å². The number of benzene rings is 1. The lowest BCUT2D eigenvalue weighted by Crippen LogP contribution is -2.24. The molecule has 1 aromatic carbocycles. The van der Waals surface area contributed by atoms with Crippen molar-refractivity contribution >= 4 is 27.3 Å². The average Bonchev–Trinajstić information content (AvgIpc) is 2.92. The van der Waals surface area contributed by atoms with Crippen molar-refractivity contribution in [1.82, 2.24) is 10.3 Å². The van der Waals surface area contributed by atoms with Gasteiger partial charge in [-0.15, -0.1) is 11.3 Å². The van der Waals surface area contributed by atoms with Crippen LogP contribution in [0.4, 0.5) is 0 Å². The summed E-state index contributed by atoms with van der Waals surface area (Å²) in [6.07, 6.45) is 3.02. The van der Waals surface area contributed by atoms with Gasteiger partial charge in [-0.1, -0.05) is 28.9 Å². The highest BCUT2D eigenvalue weighted by atomic mass is 79.9. The minimum atomic E-state index is 0.270. The molecule has 0 amide bonds. The molecule has 0 aliphatic heterocycles. The molecular formula is C15H19BrN2OS. The molecule has 0 spiro atoms. The van der Waals surface area contributed by atoms with Crippen LogP contribution in [0.3, 0.4) is 0 Å². The predicted octanol–water partition coefficient (Wildman–Crippen LogP) is 4.20. The fourth-order valence-corrected chi connectivity index (χ4v) is 3.04. The fourth-order valence-electron chi connectivity index (χ4n) is 1.77. The van der Waals surface area contributed by atoms with E-state index in [1.54, 1.807) is 11.3 Å². The molecule has 0 aliphatic rings. The van der Waals surface area contributed by atoms with Crippen LogP contribution < -0.4 is 10.1 Å². The molecule has 0 radical (unpaired) electrons. The van der Waals surface area contributed by atoms with Crippen LogP contribution in [0.15, 0.2) is 34.9 Å². The average molecular weight is 355 g/mol. The Bertz CT molecular complexity index is 544. The zero-order valence-electron chi connectivity index (χ0n) is 11.7. The Morgan fingerprint density at radius 3 is 3.00 bits per heavy atom. The Hall–Kier alpha value is -0.910. The van der Waals surface area contributed by atoms with E-state index in [2.05, 4.69) is 40.1 Å². The van der Waals surface area contributed by atoms with Crippen LogP contribution in [-0.2, 0) is 6.42 Å². The highest BCUT2D eigenvalue weighted by Crippen LogP contribution is 2.20. The second-order valence-electron chi connectivity index (χ2n) is 4.50. The highest BCUT2D eigenvalue weighted by molar-refractivity contribution is 9.10. The van der Waals surface area contributed by atoms with Gasteiger partial charge in [-0.2, -0.15) is 0 Å². The number of hydrogen-bond donors (Lipinski definition) is 1. The van der Waals surface area contributed by atoms with Crippen molar-refractivity contribution in [2.24, 2.45) is 0 Å². The maximum absolute atomic E-state index is 5.69. The van der Waals surface area contributed by atoms with Crippen molar-refractivity contribution in [3.05, 3.63) is 44.8 Å². The molecule has 1 aromatic heterocycles. The number of nitrogens with one attached hydrogen (secondary N) is 1. The Morgan fingerprint density at radius 1 is 1.45 bits per heavy atom. The zero-order chi connectivity index (χ0) is 14.4. The number of nitrogens with zero attached hydrogens (tertiary/aromatic N) is 1. The third kappa shape index (κ3) is 4.58. The number of aromatic nitrogens is 1. The van der Waals surface area contributed by atoms with Crippen molar-refractivity contribution in [2.45, 2.75) is 26.3 Å². The molecular weight excluding hydrogens is 336 g/mol. The fraction of sp³-hybridized carbons (Fsp3) is 0.400. The summed E-state index contributed by atoms with van der Waals surface area (Å²) in [6.45, 7) is 5.74. The number of rotatable bonds is 7. The standard InChI is InChI=1S/C15H19BrN2OS/c1-3-14-10-18-15(20-14)11(2)17-7-8-19-13-6-4-5-12(16)9-13/h4-6,9-11,17H,3,7-8H2,1-2H3. The number of ether oxygens (including phenoxy) is 1. The lowest BCUT2D eigenvalue weighted by Gasteiger charge is -2.12. The summed E-state index contributed by atoms with van der Waals surface area (Å²) >= 11 is 5.21. The van der Waals surface area contributed by atoms with Gasteiger partial charge in [0.15, 0.2) is 0 Å². The lowest BCUT2D eigenvalue weighted by atomic mass is 10.3. The van der Waals surface area contributed by atoms with Gasteiger partial charge in [0.25, 0.3) is 0 Å². The van der Waals surface area contributed by atoms with Gasteiger partial charge in [0.2, 0.25) is 0 Å². The molecule has 0 bridgehead atoms. The van der Waals surface area contributed by atoms with E-state index in [0.29, 0.717) is 6.61 Å². The molecule has 5 heteroatoms. The summed E-state index contributed by atoms with van der Waals surface area (Å²) < 4.78 is 6.72. The van der Waals surface area contributed by atoms with E-state index in [-0.39, 0.29) is 6.04 Å². The molecule has 20 heavy (non-hydrogen) atoms. The Morgan fingerprint density at radius 2 is 2.30 bits per heavy atom. The quantitative estimate of drug-likeness (QED) is 0.756. The first kappa shape index (κ1) is 15.5. The van der Waals surface area contributed by atoms with Crippen molar-refractivity contribution in [3.8, 4) is 5.75 Å². The molecule has 3 nitrogen and oxygen atoms in total. The van der Waals surface area contributed by atoms with Gasteiger partial charge in [-0.3, -0.25) is 0 Å². The first-order valence-electron chi connectivity index (χ1n) is 6.75. The number of aryl methyl sites for hydroxylation is 1. The van der Waals surface area contributed by atoms with Crippen molar-refractivity contribution < 1.29 is 4.74 Å². The van der Waals surface area contributed by atoms with Crippen LogP contribution in [-0.4, -0.2) is 18.1 Å². The van der Waals surface area contributed by atoms with Crippen LogP contribution in [0.1, 0.15) is 29.8 Å². The highest BCUT2D eigenvalue weighted by Gasteiger charge is 2.09. The van der Waals surface area contributed by atoms with Gasteiger partial charge >= 0.3 is 0 Å². The minimum Gasteiger partial charge on any atom is -0.492 e. The minimum absolute atomic E-state index is 0.270. The number of hydrogen-bond acceptors (Lipinski definition) is 4. The van der Waals surface area contributed by atoms with Crippen LogP contribution in [0.5, 0.6) is 5.75 Å². The molecule has 1 atom stereocenters. The van der Waals surface area contributed by atoms with Crippen LogP contribution in [0.25, 0.3) is 0 Å². The van der Waals surface area contributed by atoms with E-state index in [9.17, 15) is 0 Å². The van der Waals surface area contributed by atoms with Crippen LogP contribution >= 0.6 is 27.3 Å². The zero-order valence-corrected chi connectivity index (χ0v) is 14.1. The van der Waals surface area contributed by atoms with Crippen LogP contribution in [0, 0.1) is 0 Å². The molecule has 0 saturated carbocycles. The third-order valence-corrected chi connectivity index (χ3v) is 4.73. The van der Waals surface area contributed by atoms with Gasteiger partial charge in [0.1, 0.15) is 17.4 Å². The first-order valence-corrected chi connectivity index (χ1v) is 8.36. The van der Waals surface area contributed by atoms with Crippen molar-refractivity contribution in [3.63, 3.8) is 0 Å². The Labute approximate surface area is 132 Å². The van der Waals surface area contributed by atoms with Crippen LogP contribution in [0.2, 0.25) is 0 Å². The lowest BCUT2D eigenvalue weighted by molar-refractivity contribution is 0.307.